The fraction of sp³-hybridized carbons (Fsp3) is 0.190. The molecule has 0 radical (unpaired) electrons. The summed E-state index contributed by atoms with van der Waals surface area (Å²) < 4.78 is 20.6. The van der Waals surface area contributed by atoms with Crippen molar-refractivity contribution >= 4 is 45.8 Å². The Hall–Kier alpha value is -3.30. The molecule has 0 atom stereocenters. The van der Waals surface area contributed by atoms with Crippen molar-refractivity contribution in [3.05, 3.63) is 68.9 Å². The summed E-state index contributed by atoms with van der Waals surface area (Å²) in [6.07, 6.45) is 0. The van der Waals surface area contributed by atoms with Crippen molar-refractivity contribution in [1.29, 1.82) is 0 Å². The van der Waals surface area contributed by atoms with Crippen LogP contribution in [0.2, 0.25) is 5.02 Å². The van der Waals surface area contributed by atoms with E-state index in [0.717, 1.165) is 11.3 Å². The quantitative estimate of drug-likeness (QED) is 0.506. The molecule has 1 amide bonds. The molecule has 0 saturated heterocycles. The number of halogens is 1. The lowest BCUT2D eigenvalue weighted by Gasteiger charge is -2.05. The van der Waals surface area contributed by atoms with E-state index in [1.54, 1.807) is 37.3 Å². The zero-order valence-corrected chi connectivity index (χ0v) is 18.4. The Morgan fingerprint density at radius 3 is 2.52 bits per heavy atom. The number of esters is 2. The molecule has 1 aromatic carbocycles. The van der Waals surface area contributed by atoms with Gasteiger partial charge >= 0.3 is 11.9 Å². The van der Waals surface area contributed by atoms with Gasteiger partial charge in [-0.15, -0.1) is 11.3 Å². The molecule has 2 aromatic heterocycles. The fourth-order valence-electron chi connectivity index (χ4n) is 2.69. The molecule has 0 bridgehead atoms. The molecule has 0 aliphatic rings. The van der Waals surface area contributed by atoms with E-state index in [9.17, 15) is 14.4 Å². The molecule has 0 unspecified atom stereocenters. The maximum Gasteiger partial charge on any atom is 0.348 e. The predicted octanol–water partition coefficient (Wildman–Crippen LogP) is 4.71. The van der Waals surface area contributed by atoms with Crippen LogP contribution in [0, 0.1) is 6.92 Å². The van der Waals surface area contributed by atoms with Crippen molar-refractivity contribution < 1.29 is 33.0 Å². The van der Waals surface area contributed by atoms with Gasteiger partial charge in [0, 0.05) is 5.02 Å². The molecule has 0 aliphatic heterocycles. The Morgan fingerprint density at radius 1 is 1.10 bits per heavy atom. The van der Waals surface area contributed by atoms with Gasteiger partial charge in [-0.05, 0) is 42.8 Å². The molecule has 0 spiro atoms. The molecule has 31 heavy (non-hydrogen) atoms. The van der Waals surface area contributed by atoms with Crippen LogP contribution in [0.3, 0.4) is 0 Å². The van der Waals surface area contributed by atoms with Gasteiger partial charge in [0.2, 0.25) is 0 Å². The molecule has 1 N–H and O–H groups in total. The van der Waals surface area contributed by atoms with Gasteiger partial charge in [-0.2, -0.15) is 0 Å². The van der Waals surface area contributed by atoms with E-state index in [4.69, 9.17) is 30.2 Å². The SMILES string of the molecule is COC(=O)c1sc(NC(=O)c2ccc(COc3cccc(Cl)c3)o2)c(C(=O)OC)c1C. The monoisotopic (exact) mass is 463 g/mol. The Kier molecular flexibility index (Phi) is 6.98. The Balaban J connectivity index is 1.76. The van der Waals surface area contributed by atoms with Gasteiger partial charge < -0.3 is 23.9 Å². The minimum absolute atomic E-state index is 0.00572. The molecule has 2 heterocycles. The summed E-state index contributed by atoms with van der Waals surface area (Å²) in [5.41, 5.74) is 0.436. The van der Waals surface area contributed by atoms with Gasteiger partial charge in [-0.25, -0.2) is 9.59 Å². The number of furan rings is 1. The number of hydrogen-bond acceptors (Lipinski definition) is 8. The zero-order valence-electron chi connectivity index (χ0n) is 16.8. The van der Waals surface area contributed by atoms with Crippen molar-refractivity contribution in [1.82, 2.24) is 0 Å². The first kappa shape index (κ1) is 22.4. The van der Waals surface area contributed by atoms with Crippen LogP contribution < -0.4 is 10.1 Å². The number of anilines is 1. The third-order valence-corrected chi connectivity index (χ3v) is 5.62. The third kappa shape index (κ3) is 5.07. The summed E-state index contributed by atoms with van der Waals surface area (Å²) in [7, 11) is 2.44. The average Bonchev–Trinajstić information content (AvgIpc) is 3.36. The summed E-state index contributed by atoms with van der Waals surface area (Å²) in [6, 6.07) is 9.96. The Morgan fingerprint density at radius 2 is 1.84 bits per heavy atom. The van der Waals surface area contributed by atoms with Crippen LogP contribution in [-0.2, 0) is 16.1 Å². The molecule has 10 heteroatoms. The number of nitrogens with one attached hydrogen (secondary N) is 1. The lowest BCUT2D eigenvalue weighted by molar-refractivity contribution is 0.0601. The van der Waals surface area contributed by atoms with Crippen LogP contribution in [-0.4, -0.2) is 32.1 Å². The van der Waals surface area contributed by atoms with Crippen molar-refractivity contribution in [3.63, 3.8) is 0 Å². The molecule has 8 nitrogen and oxygen atoms in total. The maximum atomic E-state index is 12.6. The second-order valence-corrected chi connectivity index (χ2v) is 7.67. The van der Waals surface area contributed by atoms with Crippen LogP contribution in [0.4, 0.5) is 5.00 Å². The highest BCUT2D eigenvalue weighted by Crippen LogP contribution is 2.34. The van der Waals surface area contributed by atoms with Gasteiger partial charge in [-0.3, -0.25) is 4.79 Å². The molecule has 0 aliphatic carbocycles. The second-order valence-electron chi connectivity index (χ2n) is 6.21. The molecular formula is C21H18ClNO7S. The first-order valence-electron chi connectivity index (χ1n) is 8.92. The standard InChI is InChI=1S/C21H18ClNO7S/c1-11-16(20(25)27-2)19(31-17(11)21(26)28-3)23-18(24)15-8-7-14(30-15)10-29-13-6-4-5-12(22)9-13/h4-9H,10H2,1-3H3,(H,23,24). The third-order valence-electron chi connectivity index (χ3n) is 4.20. The Labute approximate surface area is 186 Å². The minimum atomic E-state index is -0.686. The summed E-state index contributed by atoms with van der Waals surface area (Å²) in [4.78, 5) is 37.0. The lowest BCUT2D eigenvalue weighted by Crippen LogP contribution is -2.13. The first-order valence-corrected chi connectivity index (χ1v) is 10.1. The first-order chi connectivity index (χ1) is 14.8. The van der Waals surface area contributed by atoms with Crippen molar-refractivity contribution in [2.75, 3.05) is 19.5 Å². The minimum Gasteiger partial charge on any atom is -0.486 e. The number of rotatable bonds is 7. The molecule has 3 aromatic rings. The number of amides is 1. The molecule has 0 saturated carbocycles. The van der Waals surface area contributed by atoms with Crippen molar-refractivity contribution in [2.24, 2.45) is 0 Å². The van der Waals surface area contributed by atoms with Gasteiger partial charge in [0.25, 0.3) is 5.91 Å². The fourth-order valence-corrected chi connectivity index (χ4v) is 3.98. The smallest absolute Gasteiger partial charge is 0.348 e. The Bertz CT molecular complexity index is 1130. The largest absolute Gasteiger partial charge is 0.486 e. The summed E-state index contributed by atoms with van der Waals surface area (Å²) in [5.74, 6) is -0.929. The summed E-state index contributed by atoms with van der Waals surface area (Å²) in [6.45, 7) is 1.66. The number of benzene rings is 1. The average molecular weight is 464 g/mol. The van der Waals surface area contributed by atoms with Crippen LogP contribution in [0.25, 0.3) is 0 Å². The van der Waals surface area contributed by atoms with E-state index < -0.39 is 17.8 Å². The van der Waals surface area contributed by atoms with E-state index >= 15 is 0 Å². The number of thiophene rings is 1. The normalized spacial score (nSPS) is 10.5. The lowest BCUT2D eigenvalue weighted by atomic mass is 10.1. The number of ether oxygens (including phenoxy) is 3. The highest BCUT2D eigenvalue weighted by Gasteiger charge is 2.27. The van der Waals surface area contributed by atoms with Gasteiger partial charge in [0.1, 0.15) is 28.0 Å². The van der Waals surface area contributed by atoms with Crippen molar-refractivity contribution in [2.45, 2.75) is 13.5 Å². The molecule has 0 fully saturated rings. The summed E-state index contributed by atoms with van der Waals surface area (Å²) in [5, 5.41) is 3.29. The van der Waals surface area contributed by atoms with Crippen LogP contribution in [0.1, 0.15) is 41.9 Å². The number of hydrogen-bond donors (Lipinski definition) is 1. The number of carbonyl (C=O) groups is 3. The topological polar surface area (TPSA) is 104 Å². The van der Waals surface area contributed by atoms with E-state index in [0.29, 0.717) is 22.1 Å². The van der Waals surface area contributed by atoms with Crippen LogP contribution in [0.5, 0.6) is 5.75 Å². The van der Waals surface area contributed by atoms with E-state index in [1.807, 2.05) is 0 Å². The van der Waals surface area contributed by atoms with E-state index in [1.165, 1.54) is 20.3 Å². The zero-order chi connectivity index (χ0) is 22.5. The molecule has 3 rings (SSSR count). The molecule has 162 valence electrons. The predicted molar refractivity (Wildman–Crippen MR) is 114 cm³/mol. The highest BCUT2D eigenvalue weighted by molar-refractivity contribution is 7.18. The van der Waals surface area contributed by atoms with Crippen LogP contribution >= 0.6 is 22.9 Å². The summed E-state index contributed by atoms with van der Waals surface area (Å²) >= 11 is 6.83. The maximum absolute atomic E-state index is 12.6. The number of carbonyl (C=O) groups excluding carboxylic acids is 3. The number of methoxy groups -OCH3 is 2. The van der Waals surface area contributed by atoms with Crippen LogP contribution in [0.15, 0.2) is 40.8 Å². The van der Waals surface area contributed by atoms with Crippen molar-refractivity contribution in [3.8, 4) is 5.75 Å². The van der Waals surface area contributed by atoms with Gasteiger partial charge in [0.05, 0.1) is 19.8 Å². The van der Waals surface area contributed by atoms with E-state index in [-0.39, 0.29) is 27.8 Å². The highest BCUT2D eigenvalue weighted by atomic mass is 35.5. The molecular weight excluding hydrogens is 446 g/mol. The van der Waals surface area contributed by atoms with E-state index in [2.05, 4.69) is 5.32 Å². The second kappa shape index (κ2) is 9.67. The van der Waals surface area contributed by atoms with Gasteiger partial charge in [-0.1, -0.05) is 17.7 Å². The van der Waals surface area contributed by atoms with Gasteiger partial charge in [0.15, 0.2) is 5.76 Å².